The molecule has 92 valence electrons. The molecule has 1 aliphatic rings. The van der Waals surface area contributed by atoms with E-state index >= 15 is 0 Å². The van der Waals surface area contributed by atoms with Crippen molar-refractivity contribution in [2.24, 2.45) is 0 Å². The molecule has 3 rings (SSSR count). The van der Waals surface area contributed by atoms with Gasteiger partial charge in [-0.15, -0.1) is 0 Å². The summed E-state index contributed by atoms with van der Waals surface area (Å²) in [6.07, 6.45) is 7.73. The second-order valence-corrected chi connectivity index (χ2v) is 5.05. The molecule has 1 aromatic carbocycles. The number of pyridine rings is 1. The van der Waals surface area contributed by atoms with Crippen molar-refractivity contribution < 1.29 is 0 Å². The highest BCUT2D eigenvalue weighted by molar-refractivity contribution is 5.36. The van der Waals surface area contributed by atoms with Gasteiger partial charge < -0.3 is 5.73 Å². The van der Waals surface area contributed by atoms with E-state index in [-0.39, 0.29) is 0 Å². The van der Waals surface area contributed by atoms with E-state index < -0.39 is 0 Å². The summed E-state index contributed by atoms with van der Waals surface area (Å²) in [6.45, 7) is 0. The van der Waals surface area contributed by atoms with Crippen LogP contribution in [-0.4, -0.2) is 4.98 Å². The van der Waals surface area contributed by atoms with Crippen molar-refractivity contribution in [3.8, 4) is 0 Å². The Labute approximate surface area is 108 Å². The summed E-state index contributed by atoms with van der Waals surface area (Å²) in [4.78, 5) is 4.02. The number of aromatic nitrogens is 1. The number of fused-ring (bicyclic) bond motifs is 1. The highest BCUT2D eigenvalue weighted by atomic mass is 14.8. The Morgan fingerprint density at radius 2 is 1.72 bits per heavy atom. The summed E-state index contributed by atoms with van der Waals surface area (Å²) < 4.78 is 0. The molecular weight excluding hydrogens is 220 g/mol. The molecule has 2 N–H and O–H groups in total. The normalized spacial score (nSPS) is 13.6. The smallest absolute Gasteiger partial charge is 0.123 e. The molecule has 0 unspecified atom stereocenters. The van der Waals surface area contributed by atoms with Gasteiger partial charge in [-0.3, -0.25) is 0 Å². The van der Waals surface area contributed by atoms with Gasteiger partial charge in [0.25, 0.3) is 0 Å². The quantitative estimate of drug-likeness (QED) is 0.893. The third-order valence-electron chi connectivity index (χ3n) is 3.71. The molecule has 1 aromatic heterocycles. The minimum atomic E-state index is 0.612. The summed E-state index contributed by atoms with van der Waals surface area (Å²) >= 11 is 0. The first-order chi connectivity index (χ1) is 8.81. The maximum Gasteiger partial charge on any atom is 0.123 e. The fourth-order valence-electron chi connectivity index (χ4n) is 2.72. The van der Waals surface area contributed by atoms with Crippen LogP contribution in [0.25, 0.3) is 0 Å². The van der Waals surface area contributed by atoms with Gasteiger partial charge in [-0.25, -0.2) is 4.98 Å². The number of anilines is 1. The first kappa shape index (κ1) is 11.3. The summed E-state index contributed by atoms with van der Waals surface area (Å²) in [7, 11) is 0. The van der Waals surface area contributed by atoms with Crippen molar-refractivity contribution in [2.45, 2.75) is 32.1 Å². The molecule has 1 aliphatic carbocycles. The minimum absolute atomic E-state index is 0.612. The summed E-state index contributed by atoms with van der Waals surface area (Å²) in [5.74, 6) is 0.612. The molecule has 0 saturated carbocycles. The predicted molar refractivity (Wildman–Crippen MR) is 74.5 cm³/mol. The first-order valence-corrected chi connectivity index (χ1v) is 6.62. The van der Waals surface area contributed by atoms with Crippen LogP contribution in [0.1, 0.15) is 28.7 Å². The van der Waals surface area contributed by atoms with E-state index in [4.69, 9.17) is 5.73 Å². The largest absolute Gasteiger partial charge is 0.384 e. The SMILES string of the molecule is Nc1cc(CCc2ccc3c(c2)CCC3)ccn1. The van der Waals surface area contributed by atoms with Gasteiger partial charge >= 0.3 is 0 Å². The van der Waals surface area contributed by atoms with Crippen LogP contribution in [0.3, 0.4) is 0 Å². The standard InChI is InChI=1S/C16H18N2/c17-16-11-13(8-9-18-16)5-4-12-6-7-14-2-1-3-15(14)10-12/h6-11H,1-5H2,(H2,17,18). The molecule has 2 aromatic rings. The van der Waals surface area contributed by atoms with E-state index in [2.05, 4.69) is 23.2 Å². The number of hydrogen-bond donors (Lipinski definition) is 1. The molecular formula is C16H18N2. The average molecular weight is 238 g/mol. The van der Waals surface area contributed by atoms with E-state index in [1.165, 1.54) is 30.4 Å². The van der Waals surface area contributed by atoms with Crippen molar-refractivity contribution >= 4 is 5.82 Å². The van der Waals surface area contributed by atoms with Gasteiger partial charge in [0, 0.05) is 6.20 Å². The Bertz CT molecular complexity index is 561. The van der Waals surface area contributed by atoms with Crippen LogP contribution in [0.5, 0.6) is 0 Å². The number of benzene rings is 1. The van der Waals surface area contributed by atoms with Gasteiger partial charge in [-0.05, 0) is 66.5 Å². The topological polar surface area (TPSA) is 38.9 Å². The third-order valence-corrected chi connectivity index (χ3v) is 3.71. The fourth-order valence-corrected chi connectivity index (χ4v) is 2.72. The molecule has 2 nitrogen and oxygen atoms in total. The molecule has 0 atom stereocenters. The van der Waals surface area contributed by atoms with Crippen molar-refractivity contribution in [2.75, 3.05) is 5.73 Å². The lowest BCUT2D eigenvalue weighted by Crippen LogP contribution is -1.96. The number of rotatable bonds is 3. The Morgan fingerprint density at radius 3 is 2.56 bits per heavy atom. The van der Waals surface area contributed by atoms with Crippen molar-refractivity contribution in [3.05, 3.63) is 58.8 Å². The molecule has 0 spiro atoms. The van der Waals surface area contributed by atoms with Gasteiger partial charge in [-0.1, -0.05) is 18.2 Å². The third kappa shape index (κ3) is 2.37. The van der Waals surface area contributed by atoms with Crippen LogP contribution in [0.2, 0.25) is 0 Å². The number of nitrogen functional groups attached to an aromatic ring is 1. The zero-order chi connectivity index (χ0) is 12.4. The molecule has 0 aliphatic heterocycles. The van der Waals surface area contributed by atoms with Crippen LogP contribution in [-0.2, 0) is 25.7 Å². The Hall–Kier alpha value is -1.83. The van der Waals surface area contributed by atoms with Crippen molar-refractivity contribution in [1.29, 1.82) is 0 Å². The number of nitrogens with two attached hydrogens (primary N) is 1. The second kappa shape index (κ2) is 4.81. The van der Waals surface area contributed by atoms with Crippen LogP contribution in [0.4, 0.5) is 5.82 Å². The highest BCUT2D eigenvalue weighted by Crippen LogP contribution is 2.23. The van der Waals surface area contributed by atoms with E-state index in [1.54, 1.807) is 17.3 Å². The van der Waals surface area contributed by atoms with Crippen LogP contribution < -0.4 is 5.73 Å². The average Bonchev–Trinajstić information content (AvgIpc) is 2.84. The monoisotopic (exact) mass is 238 g/mol. The first-order valence-electron chi connectivity index (χ1n) is 6.62. The van der Waals surface area contributed by atoms with E-state index in [0.717, 1.165) is 12.8 Å². The Kier molecular flexibility index (Phi) is 3.01. The summed E-state index contributed by atoms with van der Waals surface area (Å²) in [5.41, 5.74) is 11.5. The lowest BCUT2D eigenvalue weighted by Gasteiger charge is -2.05. The molecule has 0 bridgehead atoms. The van der Waals surface area contributed by atoms with Gasteiger partial charge in [0.05, 0.1) is 0 Å². The van der Waals surface area contributed by atoms with Gasteiger partial charge in [0.1, 0.15) is 5.82 Å². The van der Waals surface area contributed by atoms with Crippen LogP contribution >= 0.6 is 0 Å². The van der Waals surface area contributed by atoms with Gasteiger partial charge in [0.15, 0.2) is 0 Å². The molecule has 0 fully saturated rings. The minimum Gasteiger partial charge on any atom is -0.384 e. The maximum absolute atomic E-state index is 5.69. The molecule has 2 heteroatoms. The molecule has 0 amide bonds. The van der Waals surface area contributed by atoms with Gasteiger partial charge in [-0.2, -0.15) is 0 Å². The Morgan fingerprint density at radius 1 is 0.944 bits per heavy atom. The van der Waals surface area contributed by atoms with Crippen LogP contribution in [0.15, 0.2) is 36.5 Å². The number of nitrogens with zero attached hydrogens (tertiary/aromatic N) is 1. The van der Waals surface area contributed by atoms with E-state index in [9.17, 15) is 0 Å². The molecule has 1 heterocycles. The number of hydrogen-bond acceptors (Lipinski definition) is 2. The maximum atomic E-state index is 5.69. The molecule has 0 radical (unpaired) electrons. The molecule has 0 saturated heterocycles. The van der Waals surface area contributed by atoms with Crippen molar-refractivity contribution in [1.82, 2.24) is 4.98 Å². The fraction of sp³-hybridized carbons (Fsp3) is 0.312. The van der Waals surface area contributed by atoms with E-state index in [1.807, 2.05) is 12.1 Å². The van der Waals surface area contributed by atoms with E-state index in [0.29, 0.717) is 5.82 Å². The van der Waals surface area contributed by atoms with Crippen LogP contribution in [0, 0.1) is 0 Å². The lowest BCUT2D eigenvalue weighted by atomic mass is 10.0. The zero-order valence-corrected chi connectivity index (χ0v) is 10.5. The van der Waals surface area contributed by atoms with Crippen molar-refractivity contribution in [3.63, 3.8) is 0 Å². The second-order valence-electron chi connectivity index (χ2n) is 5.05. The zero-order valence-electron chi connectivity index (χ0n) is 10.5. The predicted octanol–water partition coefficient (Wildman–Crippen LogP) is 2.94. The lowest BCUT2D eigenvalue weighted by molar-refractivity contribution is 0.910. The highest BCUT2D eigenvalue weighted by Gasteiger charge is 2.10. The van der Waals surface area contributed by atoms with Gasteiger partial charge in [0.2, 0.25) is 0 Å². The number of aryl methyl sites for hydroxylation is 4. The summed E-state index contributed by atoms with van der Waals surface area (Å²) in [6, 6.07) is 11.0. The molecule has 18 heavy (non-hydrogen) atoms. The Balaban J connectivity index is 1.70. The summed E-state index contributed by atoms with van der Waals surface area (Å²) in [5, 5.41) is 0.